The molecular formula is C13H15BrFNO2. The van der Waals surface area contributed by atoms with Crippen LogP contribution in [0.4, 0.5) is 4.39 Å². The lowest BCUT2D eigenvalue weighted by atomic mass is 10.1. The zero-order valence-electron chi connectivity index (χ0n) is 9.90. The Kier molecular flexibility index (Phi) is 4.35. The molecule has 2 rings (SSSR count). The van der Waals surface area contributed by atoms with E-state index in [0.717, 1.165) is 25.1 Å². The summed E-state index contributed by atoms with van der Waals surface area (Å²) in [5.74, 6) is -0.780. The van der Waals surface area contributed by atoms with Gasteiger partial charge in [0.2, 0.25) is 0 Å². The van der Waals surface area contributed by atoms with Gasteiger partial charge in [0.05, 0.1) is 4.47 Å². The van der Waals surface area contributed by atoms with Crippen molar-refractivity contribution in [3.05, 3.63) is 34.1 Å². The maximum atomic E-state index is 13.4. The predicted molar refractivity (Wildman–Crippen MR) is 69.7 cm³/mol. The molecule has 1 saturated heterocycles. The second kappa shape index (κ2) is 5.80. The summed E-state index contributed by atoms with van der Waals surface area (Å²) in [4.78, 5) is 12.8. The Morgan fingerprint density at radius 3 is 3.06 bits per heavy atom. The Morgan fingerprint density at radius 2 is 2.33 bits per heavy atom. The zero-order chi connectivity index (χ0) is 13.1. The Morgan fingerprint density at radius 1 is 1.56 bits per heavy atom. The highest BCUT2D eigenvalue weighted by Crippen LogP contribution is 2.25. The summed E-state index contributed by atoms with van der Waals surface area (Å²) in [6.07, 6.45) is 1.13. The van der Waals surface area contributed by atoms with Crippen molar-refractivity contribution in [2.75, 3.05) is 13.1 Å². The maximum absolute atomic E-state index is 13.4. The summed E-state index contributed by atoms with van der Waals surface area (Å²) >= 11 is 3.25. The van der Waals surface area contributed by atoms with Gasteiger partial charge in [0.1, 0.15) is 5.82 Å². The highest BCUT2D eigenvalue weighted by molar-refractivity contribution is 9.10. The molecule has 1 aliphatic heterocycles. The zero-order valence-corrected chi connectivity index (χ0v) is 11.5. The average Bonchev–Trinajstić information content (AvgIpc) is 2.71. The summed E-state index contributed by atoms with van der Waals surface area (Å²) in [7, 11) is 0. The highest BCUT2D eigenvalue weighted by atomic mass is 79.9. The normalized spacial score (nSPS) is 20.2. The summed E-state index contributed by atoms with van der Waals surface area (Å²) in [5, 5.41) is 8.75. The third kappa shape index (κ3) is 3.29. The largest absolute Gasteiger partial charge is 0.481 e. The molecule has 0 saturated carbocycles. The van der Waals surface area contributed by atoms with Crippen LogP contribution in [0.3, 0.4) is 0 Å². The number of carboxylic acid groups (broad SMARTS) is 1. The van der Waals surface area contributed by atoms with Gasteiger partial charge in [-0.1, -0.05) is 12.1 Å². The minimum absolute atomic E-state index is 0.217. The number of carboxylic acids is 1. The molecule has 1 fully saturated rings. The standard InChI is InChI=1S/C13H15BrFNO2/c14-13-10(2-1-3-11(13)15)8-16-5-4-9(7-16)6-12(17)18/h1-3,9H,4-8H2,(H,17,18). The van der Waals surface area contributed by atoms with Gasteiger partial charge in [-0.25, -0.2) is 4.39 Å². The van der Waals surface area contributed by atoms with E-state index in [-0.39, 0.29) is 18.2 Å². The second-order valence-corrected chi connectivity index (χ2v) is 5.49. The molecule has 18 heavy (non-hydrogen) atoms. The van der Waals surface area contributed by atoms with Crippen LogP contribution in [-0.4, -0.2) is 29.1 Å². The number of halogens is 2. The molecule has 0 amide bonds. The number of hydrogen-bond acceptors (Lipinski definition) is 2. The fraction of sp³-hybridized carbons (Fsp3) is 0.462. The maximum Gasteiger partial charge on any atom is 0.303 e. The second-order valence-electron chi connectivity index (χ2n) is 4.70. The van der Waals surface area contributed by atoms with Crippen LogP contribution in [0.15, 0.2) is 22.7 Å². The van der Waals surface area contributed by atoms with Crippen molar-refractivity contribution in [2.45, 2.75) is 19.4 Å². The van der Waals surface area contributed by atoms with E-state index < -0.39 is 5.97 Å². The molecule has 0 spiro atoms. The van der Waals surface area contributed by atoms with Crippen molar-refractivity contribution in [3.63, 3.8) is 0 Å². The molecule has 1 N–H and O–H groups in total. The van der Waals surface area contributed by atoms with Crippen LogP contribution in [0, 0.1) is 11.7 Å². The molecule has 3 nitrogen and oxygen atoms in total. The van der Waals surface area contributed by atoms with Crippen molar-refractivity contribution in [1.82, 2.24) is 4.90 Å². The minimum atomic E-state index is -0.742. The molecule has 1 unspecified atom stereocenters. The van der Waals surface area contributed by atoms with Crippen LogP contribution >= 0.6 is 15.9 Å². The van der Waals surface area contributed by atoms with E-state index >= 15 is 0 Å². The van der Waals surface area contributed by atoms with E-state index in [1.165, 1.54) is 6.07 Å². The van der Waals surface area contributed by atoms with Gasteiger partial charge in [0, 0.05) is 19.5 Å². The van der Waals surface area contributed by atoms with Gasteiger partial charge in [-0.15, -0.1) is 0 Å². The van der Waals surface area contributed by atoms with E-state index in [1.54, 1.807) is 6.07 Å². The smallest absolute Gasteiger partial charge is 0.303 e. The first-order valence-electron chi connectivity index (χ1n) is 5.93. The molecular weight excluding hydrogens is 301 g/mol. The van der Waals surface area contributed by atoms with Crippen LogP contribution in [0.5, 0.6) is 0 Å². The number of carbonyl (C=O) groups is 1. The topological polar surface area (TPSA) is 40.5 Å². The van der Waals surface area contributed by atoms with Gasteiger partial charge in [0.25, 0.3) is 0 Å². The number of hydrogen-bond donors (Lipinski definition) is 1. The molecule has 1 aliphatic rings. The number of benzene rings is 1. The first-order valence-corrected chi connectivity index (χ1v) is 6.72. The van der Waals surface area contributed by atoms with E-state index in [9.17, 15) is 9.18 Å². The van der Waals surface area contributed by atoms with Gasteiger partial charge in [-0.05, 0) is 46.4 Å². The quantitative estimate of drug-likeness (QED) is 0.928. The van der Waals surface area contributed by atoms with Crippen molar-refractivity contribution in [3.8, 4) is 0 Å². The van der Waals surface area contributed by atoms with Crippen LogP contribution < -0.4 is 0 Å². The molecule has 0 aliphatic carbocycles. The lowest BCUT2D eigenvalue weighted by Crippen LogP contribution is -2.21. The van der Waals surface area contributed by atoms with Crippen molar-refractivity contribution >= 4 is 21.9 Å². The Hall–Kier alpha value is -0.940. The summed E-state index contributed by atoms with van der Waals surface area (Å²) in [6.45, 7) is 2.31. The van der Waals surface area contributed by atoms with E-state index in [0.29, 0.717) is 11.0 Å². The minimum Gasteiger partial charge on any atom is -0.481 e. The molecule has 0 radical (unpaired) electrons. The number of aliphatic carboxylic acids is 1. The fourth-order valence-corrected chi connectivity index (χ4v) is 2.77. The van der Waals surface area contributed by atoms with E-state index in [1.807, 2.05) is 6.07 Å². The summed E-state index contributed by atoms with van der Waals surface area (Å²) in [6, 6.07) is 5.00. The molecule has 1 heterocycles. The van der Waals surface area contributed by atoms with Gasteiger partial charge in [0.15, 0.2) is 0 Å². The molecule has 1 aromatic rings. The highest BCUT2D eigenvalue weighted by Gasteiger charge is 2.24. The molecule has 5 heteroatoms. The Labute approximate surface area is 114 Å². The summed E-state index contributed by atoms with van der Waals surface area (Å²) < 4.78 is 13.9. The molecule has 1 aromatic carbocycles. The first-order chi connectivity index (χ1) is 8.56. The van der Waals surface area contributed by atoms with Crippen molar-refractivity contribution in [2.24, 2.45) is 5.92 Å². The van der Waals surface area contributed by atoms with E-state index in [4.69, 9.17) is 5.11 Å². The fourth-order valence-electron chi connectivity index (χ4n) is 2.38. The number of rotatable bonds is 4. The van der Waals surface area contributed by atoms with Crippen molar-refractivity contribution in [1.29, 1.82) is 0 Å². The first kappa shape index (κ1) is 13.5. The summed E-state index contributed by atoms with van der Waals surface area (Å²) in [5.41, 5.74) is 0.908. The van der Waals surface area contributed by atoms with Gasteiger partial charge in [-0.2, -0.15) is 0 Å². The van der Waals surface area contributed by atoms with Gasteiger partial charge >= 0.3 is 5.97 Å². The van der Waals surface area contributed by atoms with Gasteiger partial charge in [-0.3, -0.25) is 9.69 Å². The lowest BCUT2D eigenvalue weighted by Gasteiger charge is -2.16. The third-order valence-electron chi connectivity index (χ3n) is 3.26. The lowest BCUT2D eigenvalue weighted by molar-refractivity contribution is -0.138. The number of likely N-dealkylation sites (tertiary alicyclic amines) is 1. The molecule has 0 aromatic heterocycles. The van der Waals surface area contributed by atoms with Crippen LogP contribution in [0.2, 0.25) is 0 Å². The monoisotopic (exact) mass is 315 g/mol. The molecule has 1 atom stereocenters. The number of nitrogens with zero attached hydrogens (tertiary/aromatic N) is 1. The molecule has 98 valence electrons. The van der Waals surface area contributed by atoms with E-state index in [2.05, 4.69) is 20.8 Å². The van der Waals surface area contributed by atoms with Crippen LogP contribution in [0.25, 0.3) is 0 Å². The van der Waals surface area contributed by atoms with Crippen molar-refractivity contribution < 1.29 is 14.3 Å². The van der Waals surface area contributed by atoms with Crippen LogP contribution in [0.1, 0.15) is 18.4 Å². The molecule has 0 bridgehead atoms. The SMILES string of the molecule is O=C(O)CC1CCN(Cc2cccc(F)c2Br)C1. The Balaban J connectivity index is 1.95. The third-order valence-corrected chi connectivity index (χ3v) is 4.15. The Bertz CT molecular complexity index is 453. The average molecular weight is 316 g/mol. The van der Waals surface area contributed by atoms with Gasteiger partial charge < -0.3 is 5.11 Å². The van der Waals surface area contributed by atoms with Crippen LogP contribution in [-0.2, 0) is 11.3 Å². The predicted octanol–water partition coefficient (Wildman–Crippen LogP) is 2.88.